The maximum atomic E-state index is 4.60. The van der Waals surface area contributed by atoms with E-state index in [1.54, 1.807) is 0 Å². The van der Waals surface area contributed by atoms with Gasteiger partial charge in [-0.3, -0.25) is 4.68 Å². The fourth-order valence-electron chi connectivity index (χ4n) is 2.33. The van der Waals surface area contributed by atoms with Crippen LogP contribution in [-0.4, -0.2) is 14.6 Å². The number of aryl methyl sites for hydroxylation is 3. The summed E-state index contributed by atoms with van der Waals surface area (Å²) in [6.07, 6.45) is 7.67. The minimum Gasteiger partial charge on any atom is -0.270 e. The molecule has 1 heterocycles. The third-order valence-corrected chi connectivity index (χ3v) is 4.83. The van der Waals surface area contributed by atoms with E-state index in [-0.39, 0.29) is 0 Å². The molecule has 0 radical (unpaired) electrons. The zero-order valence-electron chi connectivity index (χ0n) is 11.0. The van der Waals surface area contributed by atoms with Crippen molar-refractivity contribution in [2.75, 3.05) is 0 Å². The molecule has 1 atom stereocenters. The number of alkyl halides is 1. The first-order valence-corrected chi connectivity index (χ1v) is 7.85. The highest BCUT2D eigenvalue weighted by atomic mass is 79.9. The zero-order valence-corrected chi connectivity index (χ0v) is 12.5. The molecule has 1 saturated carbocycles. The van der Waals surface area contributed by atoms with Crippen molar-refractivity contribution in [2.24, 2.45) is 5.92 Å². The van der Waals surface area contributed by atoms with Gasteiger partial charge in [0.15, 0.2) is 0 Å². The number of hydrogen-bond acceptors (Lipinski definition) is 1. The second-order valence-electron chi connectivity index (χ2n) is 5.04. The molecule has 0 aliphatic heterocycles. The minimum absolute atomic E-state index is 0.756. The van der Waals surface area contributed by atoms with Crippen molar-refractivity contribution in [3.8, 4) is 0 Å². The molecule has 0 amide bonds. The first-order valence-electron chi connectivity index (χ1n) is 6.94. The standard InChI is InChI=1S/C14H23BrN2/c1-3-12-10-13(17(4-2)16-12)6-5-7-14(15)11-8-9-11/h10-11,14H,3-9H2,1-2H3. The SMILES string of the molecule is CCc1cc(CCCC(Br)C2CC2)n(CC)n1. The largest absolute Gasteiger partial charge is 0.270 e. The number of nitrogens with zero attached hydrogens (tertiary/aromatic N) is 2. The van der Waals surface area contributed by atoms with Gasteiger partial charge in [-0.05, 0) is 57.4 Å². The number of halogens is 1. The summed E-state index contributed by atoms with van der Waals surface area (Å²) in [5.41, 5.74) is 2.65. The van der Waals surface area contributed by atoms with Crippen LogP contribution in [0.5, 0.6) is 0 Å². The van der Waals surface area contributed by atoms with E-state index in [0.29, 0.717) is 0 Å². The Morgan fingerprint density at radius 2 is 2.24 bits per heavy atom. The quantitative estimate of drug-likeness (QED) is 0.697. The summed E-state index contributed by atoms with van der Waals surface area (Å²) < 4.78 is 2.17. The molecule has 1 aromatic rings. The highest BCUT2D eigenvalue weighted by Gasteiger charge is 2.28. The van der Waals surface area contributed by atoms with Crippen LogP contribution in [0.25, 0.3) is 0 Å². The van der Waals surface area contributed by atoms with Gasteiger partial charge in [-0.2, -0.15) is 5.10 Å². The Balaban J connectivity index is 1.82. The molecule has 2 rings (SSSR count). The van der Waals surface area contributed by atoms with Gasteiger partial charge in [0.05, 0.1) is 5.69 Å². The lowest BCUT2D eigenvalue weighted by Gasteiger charge is -2.08. The predicted molar refractivity (Wildman–Crippen MR) is 75.7 cm³/mol. The van der Waals surface area contributed by atoms with E-state index in [2.05, 4.69) is 45.6 Å². The van der Waals surface area contributed by atoms with Gasteiger partial charge < -0.3 is 0 Å². The Bertz CT molecular complexity index is 355. The molecule has 96 valence electrons. The maximum Gasteiger partial charge on any atom is 0.0624 e. The Kier molecular flexibility index (Phi) is 4.66. The molecule has 0 aromatic carbocycles. The third kappa shape index (κ3) is 3.57. The lowest BCUT2D eigenvalue weighted by atomic mass is 10.1. The van der Waals surface area contributed by atoms with Crippen LogP contribution in [0.4, 0.5) is 0 Å². The van der Waals surface area contributed by atoms with Gasteiger partial charge in [0.1, 0.15) is 0 Å². The van der Waals surface area contributed by atoms with E-state index in [0.717, 1.165) is 23.7 Å². The molecular formula is C14H23BrN2. The first kappa shape index (κ1) is 13.1. The summed E-state index contributed by atoms with van der Waals surface area (Å²) in [4.78, 5) is 0.756. The Labute approximate surface area is 113 Å². The molecule has 1 unspecified atom stereocenters. The molecule has 0 bridgehead atoms. The fourth-order valence-corrected chi connectivity index (χ4v) is 3.19. The average molecular weight is 299 g/mol. The Morgan fingerprint density at radius 3 is 2.82 bits per heavy atom. The number of aromatic nitrogens is 2. The van der Waals surface area contributed by atoms with E-state index in [9.17, 15) is 0 Å². The number of hydrogen-bond donors (Lipinski definition) is 0. The Morgan fingerprint density at radius 1 is 1.47 bits per heavy atom. The molecule has 1 aliphatic carbocycles. The molecule has 1 aromatic heterocycles. The lowest BCUT2D eigenvalue weighted by Crippen LogP contribution is -2.05. The third-order valence-electron chi connectivity index (χ3n) is 3.62. The van der Waals surface area contributed by atoms with Crippen LogP contribution in [0.2, 0.25) is 0 Å². The van der Waals surface area contributed by atoms with Crippen molar-refractivity contribution in [1.29, 1.82) is 0 Å². The van der Waals surface area contributed by atoms with Gasteiger partial charge in [-0.25, -0.2) is 0 Å². The van der Waals surface area contributed by atoms with E-state index in [1.165, 1.54) is 43.5 Å². The molecule has 3 heteroatoms. The molecule has 0 saturated heterocycles. The van der Waals surface area contributed by atoms with Crippen molar-refractivity contribution in [1.82, 2.24) is 9.78 Å². The van der Waals surface area contributed by atoms with E-state index in [1.807, 2.05) is 0 Å². The van der Waals surface area contributed by atoms with Gasteiger partial charge in [-0.1, -0.05) is 22.9 Å². The molecule has 0 N–H and O–H groups in total. The average Bonchev–Trinajstić information content (AvgIpc) is 3.11. The number of rotatable bonds is 7. The minimum atomic E-state index is 0.756. The van der Waals surface area contributed by atoms with Crippen molar-refractivity contribution < 1.29 is 0 Å². The van der Waals surface area contributed by atoms with Gasteiger partial charge in [0.25, 0.3) is 0 Å². The van der Waals surface area contributed by atoms with Gasteiger partial charge in [0, 0.05) is 17.1 Å². The summed E-state index contributed by atoms with van der Waals surface area (Å²) in [5.74, 6) is 0.970. The topological polar surface area (TPSA) is 17.8 Å². The van der Waals surface area contributed by atoms with E-state index < -0.39 is 0 Å². The van der Waals surface area contributed by atoms with Gasteiger partial charge in [0.2, 0.25) is 0 Å². The monoisotopic (exact) mass is 298 g/mol. The first-order chi connectivity index (χ1) is 8.24. The van der Waals surface area contributed by atoms with Crippen molar-refractivity contribution in [3.63, 3.8) is 0 Å². The maximum absolute atomic E-state index is 4.60. The van der Waals surface area contributed by atoms with Gasteiger partial charge >= 0.3 is 0 Å². The normalized spacial score (nSPS) is 17.4. The smallest absolute Gasteiger partial charge is 0.0624 e. The molecule has 2 nitrogen and oxygen atoms in total. The van der Waals surface area contributed by atoms with Crippen LogP contribution in [0.3, 0.4) is 0 Å². The highest BCUT2D eigenvalue weighted by Crippen LogP contribution is 2.38. The zero-order chi connectivity index (χ0) is 12.3. The van der Waals surface area contributed by atoms with Crippen LogP contribution in [0.15, 0.2) is 6.07 Å². The van der Waals surface area contributed by atoms with Crippen molar-refractivity contribution >= 4 is 15.9 Å². The second-order valence-corrected chi connectivity index (χ2v) is 6.22. The van der Waals surface area contributed by atoms with Crippen molar-refractivity contribution in [3.05, 3.63) is 17.5 Å². The lowest BCUT2D eigenvalue weighted by molar-refractivity contribution is 0.585. The highest BCUT2D eigenvalue weighted by molar-refractivity contribution is 9.09. The van der Waals surface area contributed by atoms with Crippen LogP contribution in [0.1, 0.15) is 50.9 Å². The molecule has 17 heavy (non-hydrogen) atoms. The van der Waals surface area contributed by atoms with Crippen LogP contribution in [0, 0.1) is 5.92 Å². The molecule has 1 fully saturated rings. The predicted octanol–water partition coefficient (Wildman–Crippen LogP) is 3.96. The van der Waals surface area contributed by atoms with E-state index >= 15 is 0 Å². The molecule has 0 spiro atoms. The molecule has 1 aliphatic rings. The van der Waals surface area contributed by atoms with Gasteiger partial charge in [-0.15, -0.1) is 0 Å². The molecular weight excluding hydrogens is 276 g/mol. The Hall–Kier alpha value is -0.310. The second kappa shape index (κ2) is 6.03. The van der Waals surface area contributed by atoms with Crippen molar-refractivity contribution in [2.45, 2.75) is 63.7 Å². The van der Waals surface area contributed by atoms with E-state index in [4.69, 9.17) is 0 Å². The summed E-state index contributed by atoms with van der Waals surface area (Å²) in [6.45, 7) is 5.34. The van der Waals surface area contributed by atoms with Crippen LogP contribution >= 0.6 is 15.9 Å². The van der Waals surface area contributed by atoms with Crippen LogP contribution < -0.4 is 0 Å². The fraction of sp³-hybridized carbons (Fsp3) is 0.786. The summed E-state index contributed by atoms with van der Waals surface area (Å²) >= 11 is 3.81. The summed E-state index contributed by atoms with van der Waals surface area (Å²) in [6, 6.07) is 2.28. The summed E-state index contributed by atoms with van der Waals surface area (Å²) in [7, 11) is 0. The summed E-state index contributed by atoms with van der Waals surface area (Å²) in [5, 5.41) is 4.60. The van der Waals surface area contributed by atoms with Crippen LogP contribution in [-0.2, 0) is 19.4 Å².